The number of aliphatic hydroxyl groups excluding tert-OH is 1. The summed E-state index contributed by atoms with van der Waals surface area (Å²) < 4.78 is 5.92. The molecule has 1 N–H and O–H groups in total. The highest BCUT2D eigenvalue weighted by molar-refractivity contribution is 5.40. The first-order valence-corrected chi connectivity index (χ1v) is 9.84. The van der Waals surface area contributed by atoms with Gasteiger partial charge >= 0.3 is 0 Å². The van der Waals surface area contributed by atoms with Gasteiger partial charge in [0.05, 0.1) is 12.3 Å². The quantitative estimate of drug-likeness (QED) is 0.626. The van der Waals surface area contributed by atoms with E-state index in [1.807, 2.05) is 30.1 Å². The van der Waals surface area contributed by atoms with Gasteiger partial charge in [0.1, 0.15) is 12.4 Å². The number of anilines is 1. The van der Waals surface area contributed by atoms with E-state index in [0.717, 1.165) is 11.4 Å². The van der Waals surface area contributed by atoms with Crippen LogP contribution in [0.5, 0.6) is 5.75 Å². The fourth-order valence-corrected chi connectivity index (χ4v) is 3.16. The standard InChI is InChI=1S/C24H29N3O2/c1-18-5-7-19(8-6-18)24(2,3)20-9-11-22(12-10-20)29-17-21-13-14-25-23(26-21)27(4)15-16-28/h5-14,28H,15-17H2,1-4H3. The van der Waals surface area contributed by atoms with Crippen molar-refractivity contribution in [3.63, 3.8) is 0 Å². The number of benzene rings is 2. The van der Waals surface area contributed by atoms with Crippen LogP contribution in [-0.4, -0.2) is 35.3 Å². The molecule has 0 aliphatic rings. The minimum absolute atomic E-state index is 0.0614. The monoisotopic (exact) mass is 391 g/mol. The number of hydrogen-bond acceptors (Lipinski definition) is 5. The molecule has 0 saturated carbocycles. The zero-order valence-corrected chi connectivity index (χ0v) is 17.6. The van der Waals surface area contributed by atoms with Crippen LogP contribution >= 0.6 is 0 Å². The van der Waals surface area contributed by atoms with E-state index >= 15 is 0 Å². The van der Waals surface area contributed by atoms with Crippen LogP contribution in [0, 0.1) is 6.92 Å². The van der Waals surface area contributed by atoms with Crippen molar-refractivity contribution in [1.29, 1.82) is 0 Å². The minimum atomic E-state index is -0.0783. The average molecular weight is 392 g/mol. The Kier molecular flexibility index (Phi) is 6.49. The number of aliphatic hydroxyl groups is 1. The third kappa shape index (κ3) is 5.12. The maximum absolute atomic E-state index is 9.06. The van der Waals surface area contributed by atoms with Gasteiger partial charge in [-0.15, -0.1) is 0 Å². The first-order chi connectivity index (χ1) is 13.9. The highest BCUT2D eigenvalue weighted by Crippen LogP contribution is 2.32. The largest absolute Gasteiger partial charge is 0.487 e. The van der Waals surface area contributed by atoms with Gasteiger partial charge in [-0.1, -0.05) is 55.8 Å². The van der Waals surface area contributed by atoms with Gasteiger partial charge in [0.15, 0.2) is 0 Å². The Hall–Kier alpha value is -2.92. The van der Waals surface area contributed by atoms with Crippen LogP contribution in [-0.2, 0) is 12.0 Å². The zero-order valence-electron chi connectivity index (χ0n) is 17.6. The van der Waals surface area contributed by atoms with E-state index in [1.54, 1.807) is 6.20 Å². The summed E-state index contributed by atoms with van der Waals surface area (Å²) in [7, 11) is 1.85. The van der Waals surface area contributed by atoms with Gasteiger partial charge in [-0.05, 0) is 36.2 Å². The first-order valence-electron chi connectivity index (χ1n) is 9.84. The lowest BCUT2D eigenvalue weighted by atomic mass is 9.78. The fraction of sp³-hybridized carbons (Fsp3) is 0.333. The molecule has 2 aromatic carbocycles. The molecule has 5 nitrogen and oxygen atoms in total. The molecule has 1 aromatic heterocycles. The number of aryl methyl sites for hydroxylation is 1. The summed E-state index contributed by atoms with van der Waals surface area (Å²) in [5.41, 5.74) is 4.51. The molecule has 0 amide bonds. The number of nitrogens with zero attached hydrogens (tertiary/aromatic N) is 3. The summed E-state index contributed by atoms with van der Waals surface area (Å²) >= 11 is 0. The average Bonchev–Trinajstić information content (AvgIpc) is 2.73. The highest BCUT2D eigenvalue weighted by Gasteiger charge is 2.22. The van der Waals surface area contributed by atoms with E-state index in [-0.39, 0.29) is 12.0 Å². The van der Waals surface area contributed by atoms with Crippen LogP contribution in [0.25, 0.3) is 0 Å². The van der Waals surface area contributed by atoms with Gasteiger partial charge < -0.3 is 14.7 Å². The van der Waals surface area contributed by atoms with Gasteiger partial charge in [-0.3, -0.25) is 0 Å². The van der Waals surface area contributed by atoms with Gasteiger partial charge in [0, 0.05) is 25.2 Å². The number of likely N-dealkylation sites (N-methyl/N-ethyl adjacent to an activating group) is 1. The molecule has 29 heavy (non-hydrogen) atoms. The predicted octanol–water partition coefficient (Wildman–Crippen LogP) is 4.12. The molecule has 0 aliphatic carbocycles. The molecule has 0 radical (unpaired) electrons. The number of rotatable bonds is 8. The molecule has 3 aromatic rings. The zero-order chi connectivity index (χ0) is 20.9. The molecule has 3 rings (SSSR count). The van der Waals surface area contributed by atoms with E-state index < -0.39 is 0 Å². The van der Waals surface area contributed by atoms with Crippen molar-refractivity contribution in [1.82, 2.24) is 9.97 Å². The van der Waals surface area contributed by atoms with Crippen molar-refractivity contribution in [2.45, 2.75) is 32.8 Å². The lowest BCUT2D eigenvalue weighted by molar-refractivity contribution is 0.299. The Morgan fingerprint density at radius 2 is 1.59 bits per heavy atom. The van der Waals surface area contributed by atoms with Crippen molar-refractivity contribution in [3.8, 4) is 5.75 Å². The predicted molar refractivity (Wildman–Crippen MR) is 116 cm³/mol. The maximum atomic E-state index is 9.06. The Balaban J connectivity index is 1.67. The third-order valence-electron chi connectivity index (χ3n) is 5.21. The van der Waals surface area contributed by atoms with Crippen molar-refractivity contribution in [2.24, 2.45) is 0 Å². The van der Waals surface area contributed by atoms with Gasteiger partial charge in [0.25, 0.3) is 0 Å². The second-order valence-corrected chi connectivity index (χ2v) is 7.80. The molecule has 1 heterocycles. The number of hydrogen-bond donors (Lipinski definition) is 1. The second kappa shape index (κ2) is 9.05. The molecular formula is C24H29N3O2. The summed E-state index contributed by atoms with van der Waals surface area (Å²) in [6.45, 7) is 7.49. The van der Waals surface area contributed by atoms with Gasteiger partial charge in [-0.2, -0.15) is 0 Å². The summed E-state index contributed by atoms with van der Waals surface area (Å²) in [5, 5.41) is 9.06. The van der Waals surface area contributed by atoms with Crippen LogP contribution in [0.1, 0.15) is 36.2 Å². The maximum Gasteiger partial charge on any atom is 0.225 e. The summed E-state index contributed by atoms with van der Waals surface area (Å²) in [4.78, 5) is 10.5. The number of ether oxygens (including phenoxy) is 1. The molecule has 5 heteroatoms. The van der Waals surface area contributed by atoms with E-state index in [4.69, 9.17) is 9.84 Å². The summed E-state index contributed by atoms with van der Waals surface area (Å²) in [5.74, 6) is 1.38. The van der Waals surface area contributed by atoms with Crippen LogP contribution in [0.2, 0.25) is 0 Å². The van der Waals surface area contributed by atoms with Crippen LogP contribution in [0.15, 0.2) is 60.8 Å². The molecule has 0 unspecified atom stereocenters. The molecule has 0 bridgehead atoms. The molecule has 0 saturated heterocycles. The normalized spacial score (nSPS) is 11.3. The van der Waals surface area contributed by atoms with Crippen molar-refractivity contribution in [3.05, 3.63) is 83.2 Å². The fourth-order valence-electron chi connectivity index (χ4n) is 3.16. The van der Waals surface area contributed by atoms with E-state index in [0.29, 0.717) is 19.1 Å². The Labute approximate surface area is 173 Å². The van der Waals surface area contributed by atoms with Crippen LogP contribution in [0.3, 0.4) is 0 Å². The van der Waals surface area contributed by atoms with E-state index in [2.05, 4.69) is 67.1 Å². The molecular weight excluding hydrogens is 362 g/mol. The molecule has 0 atom stereocenters. The molecule has 152 valence electrons. The summed E-state index contributed by atoms with van der Waals surface area (Å²) in [6, 6.07) is 18.8. The number of aromatic nitrogens is 2. The molecule has 0 fully saturated rings. The smallest absolute Gasteiger partial charge is 0.225 e. The highest BCUT2D eigenvalue weighted by atomic mass is 16.5. The third-order valence-corrected chi connectivity index (χ3v) is 5.21. The molecule has 0 aliphatic heterocycles. The topological polar surface area (TPSA) is 58.5 Å². The van der Waals surface area contributed by atoms with E-state index in [9.17, 15) is 0 Å². The Bertz CT molecular complexity index is 922. The Morgan fingerprint density at radius 3 is 2.21 bits per heavy atom. The van der Waals surface area contributed by atoms with Crippen molar-refractivity contribution < 1.29 is 9.84 Å². The summed E-state index contributed by atoms with van der Waals surface area (Å²) in [6.07, 6.45) is 1.71. The lowest BCUT2D eigenvalue weighted by Gasteiger charge is -2.26. The van der Waals surface area contributed by atoms with Crippen LogP contribution in [0.4, 0.5) is 5.95 Å². The van der Waals surface area contributed by atoms with Crippen molar-refractivity contribution in [2.75, 3.05) is 25.1 Å². The molecule has 0 spiro atoms. The Morgan fingerprint density at radius 1 is 0.966 bits per heavy atom. The van der Waals surface area contributed by atoms with Crippen molar-refractivity contribution >= 4 is 5.95 Å². The van der Waals surface area contributed by atoms with E-state index in [1.165, 1.54) is 16.7 Å². The lowest BCUT2D eigenvalue weighted by Crippen LogP contribution is -2.23. The second-order valence-electron chi connectivity index (χ2n) is 7.80. The van der Waals surface area contributed by atoms with Gasteiger partial charge in [0.2, 0.25) is 5.95 Å². The van der Waals surface area contributed by atoms with Crippen LogP contribution < -0.4 is 9.64 Å². The first kappa shape index (κ1) is 20.8. The SMILES string of the molecule is Cc1ccc(C(C)(C)c2ccc(OCc3ccnc(N(C)CCO)n3)cc2)cc1. The van der Waals surface area contributed by atoms with Gasteiger partial charge in [-0.25, -0.2) is 9.97 Å². The minimum Gasteiger partial charge on any atom is -0.487 e.